The summed E-state index contributed by atoms with van der Waals surface area (Å²) in [5.74, 6) is 0.384. The van der Waals surface area contributed by atoms with Gasteiger partial charge in [0.15, 0.2) is 0 Å². The minimum Gasteiger partial charge on any atom is -0.508 e. The number of phenolic OH excluding ortho intramolecular Hbond substituents is 1. The number of hydrogen-bond acceptors (Lipinski definition) is 1. The average Bonchev–Trinajstić information content (AvgIpc) is 2.54. The van der Waals surface area contributed by atoms with E-state index >= 15 is 0 Å². The first-order valence-corrected chi connectivity index (χ1v) is 8.82. The highest BCUT2D eigenvalue weighted by atomic mass is 16.3. The van der Waals surface area contributed by atoms with Crippen LogP contribution >= 0.6 is 0 Å². The van der Waals surface area contributed by atoms with Gasteiger partial charge in [-0.25, -0.2) is 0 Å². The third-order valence-corrected chi connectivity index (χ3v) is 5.37. The molecule has 1 atom stereocenters. The highest BCUT2D eigenvalue weighted by molar-refractivity contribution is 5.46. The van der Waals surface area contributed by atoms with Crippen LogP contribution in [0.25, 0.3) is 0 Å². The molecule has 0 radical (unpaired) electrons. The van der Waals surface area contributed by atoms with Crippen molar-refractivity contribution in [3.05, 3.63) is 64.2 Å². The lowest BCUT2D eigenvalue weighted by Gasteiger charge is -2.35. The lowest BCUT2D eigenvalue weighted by Crippen LogP contribution is -2.27. The molecule has 0 saturated carbocycles. The van der Waals surface area contributed by atoms with Crippen molar-refractivity contribution in [2.75, 3.05) is 0 Å². The molecule has 0 heterocycles. The number of benzene rings is 2. The third kappa shape index (κ3) is 3.44. The summed E-state index contributed by atoms with van der Waals surface area (Å²) >= 11 is 0. The molecule has 0 saturated heterocycles. The molecule has 1 nitrogen and oxygen atoms in total. The summed E-state index contributed by atoms with van der Waals surface area (Å²) in [6.07, 6.45) is 4.62. The zero-order chi connectivity index (χ0) is 17.0. The Kier molecular flexibility index (Phi) is 5.51. The molecule has 1 heteroatoms. The van der Waals surface area contributed by atoms with Crippen LogP contribution in [0.3, 0.4) is 0 Å². The molecule has 1 N–H and O–H groups in total. The van der Waals surface area contributed by atoms with E-state index in [1.54, 1.807) is 0 Å². The molecule has 0 spiro atoms. The van der Waals surface area contributed by atoms with Gasteiger partial charge < -0.3 is 5.11 Å². The summed E-state index contributed by atoms with van der Waals surface area (Å²) in [5.41, 5.74) is 6.42. The van der Waals surface area contributed by atoms with Crippen LogP contribution in [-0.2, 0) is 5.41 Å². The maximum atomic E-state index is 9.91. The highest BCUT2D eigenvalue weighted by Gasteiger charge is 2.32. The first-order chi connectivity index (χ1) is 10.9. The van der Waals surface area contributed by atoms with E-state index in [1.165, 1.54) is 35.1 Å². The fourth-order valence-corrected chi connectivity index (χ4v) is 3.51. The van der Waals surface area contributed by atoms with Gasteiger partial charge in [-0.2, -0.15) is 0 Å². The van der Waals surface area contributed by atoms with Gasteiger partial charge in [-0.3, -0.25) is 0 Å². The zero-order valence-corrected chi connectivity index (χ0v) is 15.2. The number of hydrogen-bond donors (Lipinski definition) is 1. The van der Waals surface area contributed by atoms with Gasteiger partial charge in [0.05, 0.1) is 0 Å². The monoisotopic (exact) mass is 310 g/mol. The van der Waals surface area contributed by atoms with E-state index in [0.29, 0.717) is 5.75 Å². The largest absolute Gasteiger partial charge is 0.508 e. The van der Waals surface area contributed by atoms with E-state index in [9.17, 15) is 5.11 Å². The van der Waals surface area contributed by atoms with Crippen molar-refractivity contribution in [3.8, 4) is 5.75 Å². The molecule has 23 heavy (non-hydrogen) atoms. The Hall–Kier alpha value is -1.76. The van der Waals surface area contributed by atoms with Crippen molar-refractivity contribution in [1.82, 2.24) is 0 Å². The first-order valence-electron chi connectivity index (χ1n) is 8.82. The van der Waals surface area contributed by atoms with Gasteiger partial charge in [0.2, 0.25) is 0 Å². The first kappa shape index (κ1) is 17.6. The molecule has 1 unspecified atom stereocenters. The molecule has 124 valence electrons. The molecule has 0 bridgehead atoms. The quantitative estimate of drug-likeness (QED) is 0.673. The Morgan fingerprint density at radius 1 is 0.826 bits per heavy atom. The molecule has 0 fully saturated rings. The van der Waals surface area contributed by atoms with E-state index in [1.807, 2.05) is 13.0 Å². The Morgan fingerprint density at radius 2 is 1.43 bits per heavy atom. The number of phenols is 1. The highest BCUT2D eigenvalue weighted by Crippen LogP contribution is 2.42. The van der Waals surface area contributed by atoms with Gasteiger partial charge in [-0.1, -0.05) is 57.0 Å². The second kappa shape index (κ2) is 7.21. The molecule has 0 amide bonds. The SMILES string of the molecule is CCCCC(CC)(c1ccc(C)c(C)c1)c1ccc(O)c(C)c1. The van der Waals surface area contributed by atoms with Crippen molar-refractivity contribution in [2.45, 2.75) is 65.7 Å². The van der Waals surface area contributed by atoms with E-state index < -0.39 is 0 Å². The smallest absolute Gasteiger partial charge is 0.118 e. The third-order valence-electron chi connectivity index (χ3n) is 5.37. The molecule has 0 aliphatic heterocycles. The summed E-state index contributed by atoms with van der Waals surface area (Å²) < 4.78 is 0. The topological polar surface area (TPSA) is 20.2 Å². The van der Waals surface area contributed by atoms with Crippen LogP contribution in [0.4, 0.5) is 0 Å². The zero-order valence-electron chi connectivity index (χ0n) is 15.2. The number of rotatable bonds is 6. The molecular formula is C22H30O. The van der Waals surface area contributed by atoms with Crippen molar-refractivity contribution < 1.29 is 5.11 Å². The van der Waals surface area contributed by atoms with Crippen LogP contribution in [-0.4, -0.2) is 5.11 Å². The molecule has 2 rings (SSSR count). The van der Waals surface area contributed by atoms with E-state index in [4.69, 9.17) is 0 Å². The van der Waals surface area contributed by atoms with Gasteiger partial charge in [0.25, 0.3) is 0 Å². The Labute approximate surface area is 141 Å². The molecule has 0 aromatic heterocycles. The summed E-state index contributed by atoms with van der Waals surface area (Å²) in [6.45, 7) is 10.9. The fourth-order valence-electron chi connectivity index (χ4n) is 3.51. The summed E-state index contributed by atoms with van der Waals surface area (Å²) in [6, 6.07) is 13.0. The van der Waals surface area contributed by atoms with Gasteiger partial charge in [-0.15, -0.1) is 0 Å². The molecule has 2 aromatic carbocycles. The molecular weight excluding hydrogens is 280 g/mol. The van der Waals surface area contributed by atoms with Crippen molar-refractivity contribution in [1.29, 1.82) is 0 Å². The van der Waals surface area contributed by atoms with E-state index in [-0.39, 0.29) is 5.41 Å². The predicted molar refractivity (Wildman–Crippen MR) is 99.4 cm³/mol. The number of unbranched alkanes of at least 4 members (excludes halogenated alkanes) is 1. The van der Waals surface area contributed by atoms with Crippen LogP contribution in [0.1, 0.15) is 67.3 Å². The van der Waals surface area contributed by atoms with Gasteiger partial charge >= 0.3 is 0 Å². The lowest BCUT2D eigenvalue weighted by atomic mass is 9.68. The van der Waals surface area contributed by atoms with Crippen LogP contribution < -0.4 is 0 Å². The molecule has 0 aliphatic carbocycles. The van der Waals surface area contributed by atoms with Gasteiger partial charge in [0.1, 0.15) is 5.75 Å². The van der Waals surface area contributed by atoms with E-state index in [2.05, 4.69) is 58.0 Å². The average molecular weight is 310 g/mol. The second-order valence-electron chi connectivity index (χ2n) is 6.84. The normalized spacial score (nSPS) is 13.8. The maximum absolute atomic E-state index is 9.91. The number of aromatic hydroxyl groups is 1. The van der Waals surface area contributed by atoms with Crippen molar-refractivity contribution in [2.24, 2.45) is 0 Å². The maximum Gasteiger partial charge on any atom is 0.118 e. The van der Waals surface area contributed by atoms with Crippen LogP contribution in [0.15, 0.2) is 36.4 Å². The Balaban J connectivity index is 2.62. The predicted octanol–water partition coefficient (Wildman–Crippen LogP) is 6.20. The van der Waals surface area contributed by atoms with Crippen LogP contribution in [0, 0.1) is 20.8 Å². The summed E-state index contributed by atoms with van der Waals surface area (Å²) in [5, 5.41) is 9.91. The molecule has 2 aromatic rings. The fraction of sp³-hybridized carbons (Fsp3) is 0.455. The lowest BCUT2D eigenvalue weighted by molar-refractivity contribution is 0.434. The summed E-state index contributed by atoms with van der Waals surface area (Å²) in [4.78, 5) is 0. The van der Waals surface area contributed by atoms with Crippen molar-refractivity contribution >= 4 is 0 Å². The molecule has 0 aliphatic rings. The minimum absolute atomic E-state index is 0.0347. The van der Waals surface area contributed by atoms with Crippen LogP contribution in [0.5, 0.6) is 5.75 Å². The number of aryl methyl sites for hydroxylation is 3. The second-order valence-corrected chi connectivity index (χ2v) is 6.84. The van der Waals surface area contributed by atoms with Gasteiger partial charge in [-0.05, 0) is 67.5 Å². The Morgan fingerprint density at radius 3 is 1.96 bits per heavy atom. The van der Waals surface area contributed by atoms with Gasteiger partial charge in [0, 0.05) is 5.41 Å². The van der Waals surface area contributed by atoms with Crippen molar-refractivity contribution in [3.63, 3.8) is 0 Å². The summed E-state index contributed by atoms with van der Waals surface area (Å²) in [7, 11) is 0. The van der Waals surface area contributed by atoms with E-state index in [0.717, 1.165) is 18.4 Å². The Bertz CT molecular complexity index is 618. The van der Waals surface area contributed by atoms with Crippen LogP contribution in [0.2, 0.25) is 0 Å². The minimum atomic E-state index is 0.0347. The standard InChI is InChI=1S/C22H30O/c1-6-8-13-22(7-2,19-10-9-16(3)17(4)14-19)20-11-12-21(23)18(5)15-20/h9-12,14-15,23H,6-8,13H2,1-5H3.